The Hall–Kier alpha value is -0.200. The van der Waals surface area contributed by atoms with Crippen LogP contribution in [0.3, 0.4) is 0 Å². The maximum Gasteiger partial charge on any atom is 0.180 e. The first-order valence-electron chi connectivity index (χ1n) is 9.31. The van der Waals surface area contributed by atoms with E-state index in [9.17, 15) is 0 Å². The van der Waals surface area contributed by atoms with E-state index in [2.05, 4.69) is 6.92 Å². The molecule has 0 saturated heterocycles. The molecule has 0 aliphatic heterocycles. The molecule has 0 radical (unpaired) electrons. The first-order valence-corrected chi connectivity index (χ1v) is 9.31. The first-order chi connectivity index (χ1) is 11.2. The predicted octanol–water partition coefficient (Wildman–Crippen LogP) is 4.57. The Morgan fingerprint density at radius 1 is 0.680 bits per heavy atom. The van der Waals surface area contributed by atoms with Crippen molar-refractivity contribution in [2.24, 2.45) is 0 Å². The van der Waals surface area contributed by atoms with Crippen molar-refractivity contribution < 1.29 is 23.7 Å². The van der Waals surface area contributed by atoms with Crippen LogP contribution in [0.2, 0.25) is 0 Å². The fourth-order valence-electron chi connectivity index (χ4n) is 2.13. The molecule has 0 amide bonds. The van der Waals surface area contributed by atoms with Crippen LogP contribution in [-0.4, -0.2) is 55.6 Å². The molecular weight excluding hydrogens is 320 g/mol. The van der Waals surface area contributed by atoms with Crippen molar-refractivity contribution in [3.8, 4) is 0 Å². The highest BCUT2D eigenvalue weighted by Gasteiger charge is 2.31. The molecule has 0 aromatic carbocycles. The number of hydrogen-bond donors (Lipinski definition) is 0. The van der Waals surface area contributed by atoms with Gasteiger partial charge in [0.1, 0.15) is 6.10 Å². The van der Waals surface area contributed by atoms with Gasteiger partial charge in [0.15, 0.2) is 6.29 Å². The zero-order chi connectivity index (χ0) is 19.9. The van der Waals surface area contributed by atoms with Crippen molar-refractivity contribution in [3.63, 3.8) is 0 Å². The van der Waals surface area contributed by atoms with Gasteiger partial charge in [0, 0.05) is 7.11 Å². The minimum atomic E-state index is -0.440. The summed E-state index contributed by atoms with van der Waals surface area (Å²) < 4.78 is 29.6. The highest BCUT2D eigenvalue weighted by molar-refractivity contribution is 4.76. The average molecular weight is 363 g/mol. The van der Waals surface area contributed by atoms with E-state index in [0.717, 1.165) is 6.42 Å². The van der Waals surface area contributed by atoms with Gasteiger partial charge < -0.3 is 23.7 Å². The van der Waals surface area contributed by atoms with Gasteiger partial charge in [-0.05, 0) is 68.7 Å². The third-order valence-electron chi connectivity index (χ3n) is 3.24. The number of rotatable bonds is 10. The summed E-state index contributed by atoms with van der Waals surface area (Å²) in [5.74, 6) is 0. The van der Waals surface area contributed by atoms with Crippen LogP contribution in [0.15, 0.2) is 0 Å². The smallest absolute Gasteiger partial charge is 0.180 e. The largest absolute Gasteiger partial charge is 0.373 e. The van der Waals surface area contributed by atoms with Crippen molar-refractivity contribution >= 4 is 0 Å². The highest BCUT2D eigenvalue weighted by atomic mass is 16.7. The molecule has 152 valence electrons. The standard InChI is InChI=1S/C20H42O5/c1-12-15(24-17(21-11)14-23-19(5,6)7)16(25-20(8,9)10)13-22-18(2,3)4/h15-17H,12-14H2,1-11H3. The Kier molecular flexibility index (Phi) is 10.1. The van der Waals surface area contributed by atoms with E-state index in [4.69, 9.17) is 23.7 Å². The second-order valence-electron chi connectivity index (χ2n) is 9.36. The molecule has 0 spiro atoms. The van der Waals surface area contributed by atoms with Crippen LogP contribution >= 0.6 is 0 Å². The van der Waals surface area contributed by atoms with Crippen LogP contribution in [-0.2, 0) is 23.7 Å². The van der Waals surface area contributed by atoms with E-state index in [0.29, 0.717) is 13.2 Å². The quantitative estimate of drug-likeness (QED) is 0.533. The van der Waals surface area contributed by atoms with E-state index >= 15 is 0 Å². The molecule has 3 atom stereocenters. The molecule has 25 heavy (non-hydrogen) atoms. The molecule has 0 rings (SSSR count). The number of hydrogen-bond acceptors (Lipinski definition) is 5. The lowest BCUT2D eigenvalue weighted by Crippen LogP contribution is -2.44. The lowest BCUT2D eigenvalue weighted by Gasteiger charge is -2.36. The van der Waals surface area contributed by atoms with Crippen molar-refractivity contribution in [2.75, 3.05) is 20.3 Å². The zero-order valence-electron chi connectivity index (χ0n) is 18.4. The summed E-state index contributed by atoms with van der Waals surface area (Å²) in [6.45, 7) is 21.2. The molecule has 0 aromatic rings. The maximum absolute atomic E-state index is 6.23. The molecule has 5 nitrogen and oxygen atoms in total. The van der Waals surface area contributed by atoms with E-state index in [-0.39, 0.29) is 29.0 Å². The predicted molar refractivity (Wildman–Crippen MR) is 102 cm³/mol. The maximum atomic E-state index is 6.23. The Morgan fingerprint density at radius 3 is 1.52 bits per heavy atom. The minimum absolute atomic E-state index is 0.143. The molecule has 0 heterocycles. The van der Waals surface area contributed by atoms with Crippen LogP contribution in [0.1, 0.15) is 75.7 Å². The Bertz CT molecular complexity index is 349. The van der Waals surface area contributed by atoms with Gasteiger partial charge in [-0.25, -0.2) is 0 Å². The first kappa shape index (κ1) is 24.8. The topological polar surface area (TPSA) is 46.2 Å². The van der Waals surface area contributed by atoms with Crippen molar-refractivity contribution in [2.45, 2.75) is 111 Å². The normalized spacial score (nSPS) is 17.4. The molecule has 0 aliphatic rings. The molecule has 0 aliphatic carbocycles. The van der Waals surface area contributed by atoms with Gasteiger partial charge in [0.2, 0.25) is 0 Å². The fraction of sp³-hybridized carbons (Fsp3) is 1.00. The summed E-state index contributed by atoms with van der Waals surface area (Å²) in [4.78, 5) is 0. The molecular formula is C20H42O5. The van der Waals surface area contributed by atoms with Gasteiger partial charge in [0.05, 0.1) is 36.1 Å². The molecule has 3 unspecified atom stereocenters. The Labute approximate surface area is 155 Å². The molecule has 0 bridgehead atoms. The molecule has 5 heteroatoms. The third kappa shape index (κ3) is 13.6. The second kappa shape index (κ2) is 10.2. The summed E-state index contributed by atoms with van der Waals surface area (Å²) in [5.41, 5.74) is -0.751. The van der Waals surface area contributed by atoms with Gasteiger partial charge in [-0.15, -0.1) is 0 Å². The molecule has 0 fully saturated rings. The monoisotopic (exact) mass is 362 g/mol. The van der Waals surface area contributed by atoms with E-state index in [1.54, 1.807) is 7.11 Å². The van der Waals surface area contributed by atoms with Gasteiger partial charge in [0.25, 0.3) is 0 Å². The lowest BCUT2D eigenvalue weighted by molar-refractivity contribution is -0.238. The van der Waals surface area contributed by atoms with Crippen LogP contribution < -0.4 is 0 Å². The Balaban J connectivity index is 4.99. The van der Waals surface area contributed by atoms with E-state index in [1.165, 1.54) is 0 Å². The van der Waals surface area contributed by atoms with Crippen LogP contribution in [0, 0.1) is 0 Å². The van der Waals surface area contributed by atoms with Gasteiger partial charge in [-0.1, -0.05) is 6.92 Å². The summed E-state index contributed by atoms with van der Waals surface area (Å²) in [6.07, 6.45) is 0.0281. The molecule has 0 N–H and O–H groups in total. The van der Waals surface area contributed by atoms with Crippen molar-refractivity contribution in [1.29, 1.82) is 0 Å². The SMILES string of the molecule is CCC(OC(COC(C)(C)C)OC)C(COC(C)(C)C)OC(C)(C)C. The van der Waals surface area contributed by atoms with Crippen molar-refractivity contribution in [1.82, 2.24) is 0 Å². The van der Waals surface area contributed by atoms with Crippen LogP contribution in [0.4, 0.5) is 0 Å². The minimum Gasteiger partial charge on any atom is -0.373 e. The van der Waals surface area contributed by atoms with Gasteiger partial charge in [-0.2, -0.15) is 0 Å². The van der Waals surface area contributed by atoms with Gasteiger partial charge >= 0.3 is 0 Å². The molecule has 0 aromatic heterocycles. The summed E-state index contributed by atoms with van der Waals surface area (Å²) in [5, 5.41) is 0. The fourth-order valence-corrected chi connectivity index (χ4v) is 2.13. The second-order valence-corrected chi connectivity index (χ2v) is 9.36. The zero-order valence-corrected chi connectivity index (χ0v) is 18.4. The number of methoxy groups -OCH3 is 1. The van der Waals surface area contributed by atoms with Crippen molar-refractivity contribution in [3.05, 3.63) is 0 Å². The van der Waals surface area contributed by atoms with Crippen LogP contribution in [0.5, 0.6) is 0 Å². The molecule has 0 saturated carbocycles. The van der Waals surface area contributed by atoms with E-state index in [1.807, 2.05) is 62.3 Å². The average Bonchev–Trinajstić information content (AvgIpc) is 2.41. The summed E-state index contributed by atoms with van der Waals surface area (Å²) in [7, 11) is 1.63. The van der Waals surface area contributed by atoms with E-state index < -0.39 is 6.29 Å². The Morgan fingerprint density at radius 2 is 1.16 bits per heavy atom. The summed E-state index contributed by atoms with van der Waals surface area (Å²) in [6, 6.07) is 0. The summed E-state index contributed by atoms with van der Waals surface area (Å²) >= 11 is 0. The lowest BCUT2D eigenvalue weighted by atomic mass is 10.1. The number of ether oxygens (including phenoxy) is 5. The third-order valence-corrected chi connectivity index (χ3v) is 3.24. The van der Waals surface area contributed by atoms with Crippen LogP contribution in [0.25, 0.3) is 0 Å². The highest BCUT2D eigenvalue weighted by Crippen LogP contribution is 2.21. The van der Waals surface area contributed by atoms with Gasteiger partial charge in [-0.3, -0.25) is 0 Å².